The number of rotatable bonds is 7. The predicted octanol–water partition coefficient (Wildman–Crippen LogP) is 4.68. The number of likely N-dealkylation sites (N-methyl/N-ethyl adjacent to an activating group) is 1. The molecule has 21 heavy (non-hydrogen) atoms. The van der Waals surface area contributed by atoms with Crippen LogP contribution in [0, 0.1) is 17.3 Å². The van der Waals surface area contributed by atoms with Gasteiger partial charge in [-0.05, 0) is 49.5 Å². The Hall–Kier alpha value is -0.0800. The molecule has 0 aromatic carbocycles. The molecule has 1 aliphatic carbocycles. The van der Waals surface area contributed by atoms with Gasteiger partial charge in [-0.3, -0.25) is 4.90 Å². The van der Waals surface area contributed by atoms with E-state index in [0.717, 1.165) is 24.9 Å². The van der Waals surface area contributed by atoms with E-state index >= 15 is 0 Å². The molecular formula is C19H40N2. The zero-order valence-corrected chi connectivity index (χ0v) is 15.5. The number of nitrogens with two attached hydrogens (primary N) is 1. The lowest BCUT2D eigenvalue weighted by atomic mass is 9.66. The molecule has 0 heterocycles. The Balaban J connectivity index is 2.75. The van der Waals surface area contributed by atoms with Crippen molar-refractivity contribution in [3.8, 4) is 0 Å². The summed E-state index contributed by atoms with van der Waals surface area (Å²) in [5.74, 6) is 1.69. The summed E-state index contributed by atoms with van der Waals surface area (Å²) in [6.45, 7) is 17.4. The van der Waals surface area contributed by atoms with Gasteiger partial charge in [0.1, 0.15) is 0 Å². The van der Waals surface area contributed by atoms with Gasteiger partial charge >= 0.3 is 0 Å². The highest BCUT2D eigenvalue weighted by atomic mass is 15.2. The number of nitrogens with zero attached hydrogens (tertiary/aromatic N) is 1. The largest absolute Gasteiger partial charge is 0.329 e. The molecule has 1 fully saturated rings. The molecule has 0 unspecified atom stereocenters. The Morgan fingerprint density at radius 2 is 1.62 bits per heavy atom. The molecule has 0 aliphatic heterocycles. The summed E-state index contributed by atoms with van der Waals surface area (Å²) in [6.07, 6.45) is 7.86. The Bertz CT molecular complexity index is 280. The molecule has 1 aliphatic rings. The molecule has 0 aromatic heterocycles. The van der Waals surface area contributed by atoms with Crippen molar-refractivity contribution in [2.45, 2.75) is 85.6 Å². The minimum absolute atomic E-state index is 0.277. The van der Waals surface area contributed by atoms with Gasteiger partial charge in [0.05, 0.1) is 0 Å². The highest BCUT2D eigenvalue weighted by Gasteiger charge is 2.41. The second kappa shape index (κ2) is 7.97. The van der Waals surface area contributed by atoms with Crippen molar-refractivity contribution in [3.63, 3.8) is 0 Å². The van der Waals surface area contributed by atoms with E-state index in [1.165, 1.54) is 45.1 Å². The first-order valence-corrected chi connectivity index (χ1v) is 9.28. The average Bonchev–Trinajstić information content (AvgIpc) is 2.47. The topological polar surface area (TPSA) is 29.3 Å². The molecule has 2 N–H and O–H groups in total. The third kappa shape index (κ3) is 4.69. The van der Waals surface area contributed by atoms with E-state index in [4.69, 9.17) is 5.73 Å². The van der Waals surface area contributed by atoms with Crippen LogP contribution in [0.25, 0.3) is 0 Å². The first kappa shape index (κ1) is 19.0. The van der Waals surface area contributed by atoms with Crippen molar-refractivity contribution in [2.24, 2.45) is 23.0 Å². The second-order valence-electron chi connectivity index (χ2n) is 8.29. The highest BCUT2D eigenvalue weighted by Crippen LogP contribution is 2.43. The zero-order valence-electron chi connectivity index (χ0n) is 15.5. The van der Waals surface area contributed by atoms with Gasteiger partial charge in [-0.1, -0.05) is 54.4 Å². The van der Waals surface area contributed by atoms with Gasteiger partial charge in [0.25, 0.3) is 0 Å². The van der Waals surface area contributed by atoms with Gasteiger partial charge in [0.2, 0.25) is 0 Å². The third-order valence-corrected chi connectivity index (χ3v) is 6.21. The summed E-state index contributed by atoms with van der Waals surface area (Å²) in [5, 5.41) is 0. The Labute approximate surface area is 133 Å². The minimum Gasteiger partial charge on any atom is -0.329 e. The molecule has 0 atom stereocenters. The van der Waals surface area contributed by atoms with Crippen LogP contribution >= 0.6 is 0 Å². The van der Waals surface area contributed by atoms with E-state index in [1.807, 2.05) is 0 Å². The smallest absolute Gasteiger partial charge is 0.0331 e. The van der Waals surface area contributed by atoms with Crippen molar-refractivity contribution >= 4 is 0 Å². The van der Waals surface area contributed by atoms with E-state index in [-0.39, 0.29) is 5.54 Å². The number of hydrogen-bond acceptors (Lipinski definition) is 2. The van der Waals surface area contributed by atoms with Crippen molar-refractivity contribution in [1.29, 1.82) is 0 Å². The molecule has 0 saturated heterocycles. The van der Waals surface area contributed by atoms with Crippen LogP contribution in [0.15, 0.2) is 0 Å². The fraction of sp³-hybridized carbons (Fsp3) is 1.00. The average molecular weight is 297 g/mol. The van der Waals surface area contributed by atoms with Crippen LogP contribution in [0.3, 0.4) is 0 Å². The lowest BCUT2D eigenvalue weighted by molar-refractivity contribution is 0.0138. The summed E-state index contributed by atoms with van der Waals surface area (Å²) in [7, 11) is 0. The molecule has 126 valence electrons. The molecule has 0 aromatic rings. The molecule has 0 spiro atoms. The van der Waals surface area contributed by atoms with Gasteiger partial charge in [0.15, 0.2) is 0 Å². The summed E-state index contributed by atoms with van der Waals surface area (Å²) in [6, 6.07) is 0. The lowest BCUT2D eigenvalue weighted by Crippen LogP contribution is -2.57. The molecular weight excluding hydrogens is 256 g/mol. The molecule has 1 saturated carbocycles. The maximum atomic E-state index is 6.29. The quantitative estimate of drug-likeness (QED) is 0.739. The van der Waals surface area contributed by atoms with E-state index in [0.29, 0.717) is 5.41 Å². The molecule has 1 rings (SSSR count). The van der Waals surface area contributed by atoms with Crippen molar-refractivity contribution in [1.82, 2.24) is 4.90 Å². The van der Waals surface area contributed by atoms with Crippen molar-refractivity contribution in [3.05, 3.63) is 0 Å². The SMILES string of the molecule is CCC(CC)CN(CC)C1(CN)CCC(C(C)(C)C)CC1. The van der Waals surface area contributed by atoms with E-state index in [2.05, 4.69) is 46.4 Å². The van der Waals surface area contributed by atoms with Crippen LogP contribution in [-0.4, -0.2) is 30.1 Å². The van der Waals surface area contributed by atoms with Crippen LogP contribution < -0.4 is 5.73 Å². The Morgan fingerprint density at radius 3 is 1.95 bits per heavy atom. The van der Waals surface area contributed by atoms with E-state index in [1.54, 1.807) is 0 Å². The van der Waals surface area contributed by atoms with Crippen LogP contribution in [0.2, 0.25) is 0 Å². The summed E-state index contributed by atoms with van der Waals surface area (Å²) in [5.41, 5.74) is 7.01. The van der Waals surface area contributed by atoms with Crippen molar-refractivity contribution in [2.75, 3.05) is 19.6 Å². The number of hydrogen-bond donors (Lipinski definition) is 1. The fourth-order valence-corrected chi connectivity index (χ4v) is 4.19. The second-order valence-corrected chi connectivity index (χ2v) is 8.29. The minimum atomic E-state index is 0.277. The molecule has 0 radical (unpaired) electrons. The summed E-state index contributed by atoms with van der Waals surface area (Å²) in [4.78, 5) is 2.73. The van der Waals surface area contributed by atoms with Crippen molar-refractivity contribution < 1.29 is 0 Å². The third-order valence-electron chi connectivity index (χ3n) is 6.21. The van der Waals surface area contributed by atoms with Gasteiger partial charge in [-0.15, -0.1) is 0 Å². The van der Waals surface area contributed by atoms with Crippen LogP contribution in [0.4, 0.5) is 0 Å². The normalized spacial score (nSPS) is 27.6. The first-order valence-electron chi connectivity index (χ1n) is 9.28. The Kier molecular flexibility index (Phi) is 7.19. The van der Waals surface area contributed by atoms with E-state index in [9.17, 15) is 0 Å². The van der Waals surface area contributed by atoms with Crippen LogP contribution in [-0.2, 0) is 0 Å². The van der Waals surface area contributed by atoms with Gasteiger partial charge in [0, 0.05) is 18.6 Å². The maximum absolute atomic E-state index is 6.29. The summed E-state index contributed by atoms with van der Waals surface area (Å²) >= 11 is 0. The van der Waals surface area contributed by atoms with Gasteiger partial charge < -0.3 is 5.73 Å². The molecule has 0 bridgehead atoms. The first-order chi connectivity index (χ1) is 9.82. The molecule has 2 nitrogen and oxygen atoms in total. The molecule has 2 heteroatoms. The predicted molar refractivity (Wildman–Crippen MR) is 94.5 cm³/mol. The highest BCUT2D eigenvalue weighted by molar-refractivity contribution is 4.97. The lowest BCUT2D eigenvalue weighted by Gasteiger charge is -2.50. The summed E-state index contributed by atoms with van der Waals surface area (Å²) < 4.78 is 0. The molecule has 0 amide bonds. The van der Waals surface area contributed by atoms with Crippen LogP contribution in [0.1, 0.15) is 80.1 Å². The van der Waals surface area contributed by atoms with Gasteiger partial charge in [-0.25, -0.2) is 0 Å². The monoisotopic (exact) mass is 296 g/mol. The maximum Gasteiger partial charge on any atom is 0.0331 e. The van der Waals surface area contributed by atoms with Gasteiger partial charge in [-0.2, -0.15) is 0 Å². The van der Waals surface area contributed by atoms with Crippen LogP contribution in [0.5, 0.6) is 0 Å². The standard InChI is InChI=1S/C19H40N2/c1-7-16(8-2)14-21(9-3)19(15-20)12-10-17(11-13-19)18(4,5)6/h16-17H,7-15,20H2,1-6H3. The van der Waals surface area contributed by atoms with E-state index < -0.39 is 0 Å². The zero-order chi connectivity index (χ0) is 16.1. The fourth-order valence-electron chi connectivity index (χ4n) is 4.19. The Morgan fingerprint density at radius 1 is 1.10 bits per heavy atom.